The summed E-state index contributed by atoms with van der Waals surface area (Å²) in [6.07, 6.45) is 3.24. The number of rotatable bonds is 9. The first-order valence-electron chi connectivity index (χ1n) is 8.03. The molecular weight excluding hydrogens is 294 g/mol. The van der Waals surface area contributed by atoms with Crippen molar-refractivity contribution in [1.29, 1.82) is 0 Å². The van der Waals surface area contributed by atoms with Gasteiger partial charge >= 0.3 is 0 Å². The Morgan fingerprint density at radius 1 is 1.00 bits per heavy atom. The third kappa shape index (κ3) is 5.66. The van der Waals surface area contributed by atoms with Crippen molar-refractivity contribution in [2.75, 3.05) is 21.3 Å². The molecule has 130 valence electrons. The Hall–Kier alpha value is -1.91. The van der Waals surface area contributed by atoms with Crippen LogP contribution in [0.25, 0.3) is 0 Å². The Labute approximate surface area is 139 Å². The number of methoxy groups -OCH3 is 3. The zero-order valence-electron chi connectivity index (χ0n) is 15.1. The molecule has 1 amide bonds. The fourth-order valence-corrected chi connectivity index (χ4v) is 2.42. The van der Waals surface area contributed by atoms with Crippen LogP contribution in [-0.4, -0.2) is 33.3 Å². The number of hydrogen-bond donors (Lipinski definition) is 1. The van der Waals surface area contributed by atoms with Gasteiger partial charge in [-0.25, -0.2) is 0 Å². The van der Waals surface area contributed by atoms with Gasteiger partial charge in [0.05, 0.1) is 21.3 Å². The van der Waals surface area contributed by atoms with E-state index < -0.39 is 0 Å². The van der Waals surface area contributed by atoms with E-state index in [1.807, 2.05) is 6.92 Å². The van der Waals surface area contributed by atoms with Gasteiger partial charge in [0, 0.05) is 11.6 Å². The van der Waals surface area contributed by atoms with Crippen LogP contribution in [0.5, 0.6) is 17.2 Å². The molecule has 23 heavy (non-hydrogen) atoms. The highest BCUT2D eigenvalue weighted by Gasteiger charge is 2.18. The Bertz CT molecular complexity index is 489. The Morgan fingerprint density at radius 2 is 1.57 bits per heavy atom. The lowest BCUT2D eigenvalue weighted by Crippen LogP contribution is -2.32. The summed E-state index contributed by atoms with van der Waals surface area (Å²) >= 11 is 0. The smallest absolute Gasteiger partial charge is 0.251 e. The largest absolute Gasteiger partial charge is 0.493 e. The molecule has 0 spiro atoms. The van der Waals surface area contributed by atoms with Crippen molar-refractivity contribution in [2.24, 2.45) is 5.92 Å². The molecule has 5 heteroatoms. The van der Waals surface area contributed by atoms with Crippen LogP contribution in [0.1, 0.15) is 50.4 Å². The molecule has 0 aliphatic rings. The van der Waals surface area contributed by atoms with Crippen LogP contribution in [0.2, 0.25) is 0 Å². The van der Waals surface area contributed by atoms with Gasteiger partial charge in [-0.15, -0.1) is 0 Å². The minimum absolute atomic E-state index is 0.125. The summed E-state index contributed by atoms with van der Waals surface area (Å²) in [5.41, 5.74) is 0.496. The zero-order valence-corrected chi connectivity index (χ0v) is 15.1. The van der Waals surface area contributed by atoms with Gasteiger partial charge in [0.2, 0.25) is 5.75 Å². The summed E-state index contributed by atoms with van der Waals surface area (Å²) in [6.45, 7) is 6.44. The molecule has 1 atom stereocenters. The van der Waals surface area contributed by atoms with Gasteiger partial charge in [0.25, 0.3) is 5.91 Å². The van der Waals surface area contributed by atoms with E-state index in [4.69, 9.17) is 14.2 Å². The number of carbonyl (C=O) groups excluding carboxylic acids is 1. The Kier molecular flexibility index (Phi) is 7.72. The summed E-state index contributed by atoms with van der Waals surface area (Å²) < 4.78 is 15.8. The van der Waals surface area contributed by atoms with Crippen LogP contribution in [0.4, 0.5) is 0 Å². The lowest BCUT2D eigenvalue weighted by Gasteiger charge is -2.17. The number of carbonyl (C=O) groups is 1. The minimum atomic E-state index is -0.138. The molecule has 0 aromatic heterocycles. The number of ether oxygens (including phenoxy) is 3. The number of amides is 1. The minimum Gasteiger partial charge on any atom is -0.493 e. The summed E-state index contributed by atoms with van der Waals surface area (Å²) in [7, 11) is 4.61. The highest BCUT2D eigenvalue weighted by atomic mass is 16.5. The molecule has 1 unspecified atom stereocenters. The predicted molar refractivity (Wildman–Crippen MR) is 91.7 cm³/mol. The molecule has 0 bridgehead atoms. The third-order valence-electron chi connectivity index (χ3n) is 3.72. The highest BCUT2D eigenvalue weighted by molar-refractivity contribution is 5.95. The van der Waals surface area contributed by atoms with Gasteiger partial charge in [0.1, 0.15) is 0 Å². The van der Waals surface area contributed by atoms with E-state index in [9.17, 15) is 4.79 Å². The SMILES string of the molecule is COc1cc(C(=O)NC(C)CCCC(C)C)cc(OC)c1OC. The number of hydrogen-bond acceptors (Lipinski definition) is 4. The van der Waals surface area contributed by atoms with Gasteiger partial charge in [-0.2, -0.15) is 0 Å². The van der Waals surface area contributed by atoms with E-state index in [1.54, 1.807) is 12.1 Å². The summed E-state index contributed by atoms with van der Waals surface area (Å²) in [5, 5.41) is 3.02. The molecule has 0 radical (unpaired) electrons. The Morgan fingerprint density at radius 3 is 2.00 bits per heavy atom. The number of nitrogens with one attached hydrogen (secondary N) is 1. The van der Waals surface area contributed by atoms with Crippen LogP contribution in [0, 0.1) is 5.92 Å². The van der Waals surface area contributed by atoms with Gasteiger partial charge in [0.15, 0.2) is 11.5 Å². The van der Waals surface area contributed by atoms with E-state index in [1.165, 1.54) is 27.8 Å². The van der Waals surface area contributed by atoms with Crippen molar-refractivity contribution in [3.63, 3.8) is 0 Å². The molecule has 1 aromatic rings. The molecule has 1 N–H and O–H groups in total. The maximum Gasteiger partial charge on any atom is 0.251 e. The molecule has 5 nitrogen and oxygen atoms in total. The first kappa shape index (κ1) is 19.1. The molecule has 0 saturated heterocycles. The van der Waals surface area contributed by atoms with Crippen LogP contribution >= 0.6 is 0 Å². The standard InChI is InChI=1S/C18H29NO4/c1-12(2)8-7-9-13(3)19-18(20)14-10-15(21-4)17(23-6)16(11-14)22-5/h10-13H,7-9H2,1-6H3,(H,19,20). The third-order valence-corrected chi connectivity index (χ3v) is 3.72. The second-order valence-corrected chi connectivity index (χ2v) is 6.11. The quantitative estimate of drug-likeness (QED) is 0.753. The first-order chi connectivity index (χ1) is 10.9. The predicted octanol–water partition coefficient (Wildman–Crippen LogP) is 3.66. The van der Waals surface area contributed by atoms with Gasteiger partial charge < -0.3 is 19.5 Å². The maximum absolute atomic E-state index is 12.4. The van der Waals surface area contributed by atoms with Crippen LogP contribution in [-0.2, 0) is 0 Å². The molecule has 0 fully saturated rings. The van der Waals surface area contributed by atoms with Gasteiger partial charge in [-0.05, 0) is 31.4 Å². The van der Waals surface area contributed by atoms with Crippen molar-refractivity contribution in [1.82, 2.24) is 5.32 Å². The Balaban J connectivity index is 2.79. The lowest BCUT2D eigenvalue weighted by molar-refractivity contribution is 0.0937. The van der Waals surface area contributed by atoms with Crippen molar-refractivity contribution < 1.29 is 19.0 Å². The van der Waals surface area contributed by atoms with Gasteiger partial charge in [-0.1, -0.05) is 26.7 Å². The monoisotopic (exact) mass is 323 g/mol. The van der Waals surface area contributed by atoms with E-state index >= 15 is 0 Å². The van der Waals surface area contributed by atoms with E-state index in [-0.39, 0.29) is 11.9 Å². The maximum atomic E-state index is 12.4. The van der Waals surface area contributed by atoms with Crippen LogP contribution < -0.4 is 19.5 Å². The van der Waals surface area contributed by atoms with Gasteiger partial charge in [-0.3, -0.25) is 4.79 Å². The molecule has 0 aliphatic carbocycles. The molecule has 0 aliphatic heterocycles. The topological polar surface area (TPSA) is 56.8 Å². The van der Waals surface area contributed by atoms with E-state index in [0.29, 0.717) is 28.7 Å². The van der Waals surface area contributed by atoms with Crippen molar-refractivity contribution >= 4 is 5.91 Å². The van der Waals surface area contributed by atoms with Crippen LogP contribution in [0.3, 0.4) is 0 Å². The molecule has 1 aromatic carbocycles. The van der Waals surface area contributed by atoms with E-state index in [2.05, 4.69) is 19.2 Å². The first-order valence-corrected chi connectivity index (χ1v) is 8.03. The van der Waals surface area contributed by atoms with Crippen molar-refractivity contribution in [2.45, 2.75) is 46.1 Å². The number of benzene rings is 1. The average Bonchev–Trinajstić information content (AvgIpc) is 2.52. The average molecular weight is 323 g/mol. The highest BCUT2D eigenvalue weighted by Crippen LogP contribution is 2.38. The second-order valence-electron chi connectivity index (χ2n) is 6.11. The molecule has 0 heterocycles. The molecule has 1 rings (SSSR count). The lowest BCUT2D eigenvalue weighted by atomic mass is 10.0. The molecule has 0 saturated carbocycles. The summed E-state index contributed by atoms with van der Waals surface area (Å²) in [5.74, 6) is 1.99. The summed E-state index contributed by atoms with van der Waals surface area (Å²) in [6, 6.07) is 3.45. The fourth-order valence-electron chi connectivity index (χ4n) is 2.42. The normalized spacial score (nSPS) is 12.0. The zero-order chi connectivity index (χ0) is 17.4. The summed E-state index contributed by atoms with van der Waals surface area (Å²) in [4.78, 5) is 12.4. The van der Waals surface area contributed by atoms with E-state index in [0.717, 1.165) is 12.8 Å². The van der Waals surface area contributed by atoms with Crippen molar-refractivity contribution in [3.05, 3.63) is 17.7 Å². The fraction of sp³-hybridized carbons (Fsp3) is 0.611. The van der Waals surface area contributed by atoms with Crippen LogP contribution in [0.15, 0.2) is 12.1 Å². The molecular formula is C18H29NO4. The van der Waals surface area contributed by atoms with Crippen molar-refractivity contribution in [3.8, 4) is 17.2 Å². The second kappa shape index (κ2) is 9.28.